The highest BCUT2D eigenvalue weighted by Crippen LogP contribution is 2.34. The predicted octanol–water partition coefficient (Wildman–Crippen LogP) is 3.41. The van der Waals surface area contributed by atoms with Crippen LogP contribution in [0, 0.1) is 6.92 Å². The van der Waals surface area contributed by atoms with Crippen molar-refractivity contribution in [2.24, 2.45) is 0 Å². The Balaban J connectivity index is 2.24. The van der Waals surface area contributed by atoms with Crippen LogP contribution in [0.1, 0.15) is 18.9 Å². The summed E-state index contributed by atoms with van der Waals surface area (Å²) in [6.45, 7) is 4.93. The molecule has 0 spiro atoms. The van der Waals surface area contributed by atoms with Gasteiger partial charge >= 0.3 is 0 Å². The molecule has 0 saturated carbocycles. The Labute approximate surface area is 119 Å². The molecule has 0 unspecified atom stereocenters. The molecular formula is C15H19N3O2. The van der Waals surface area contributed by atoms with E-state index in [0.29, 0.717) is 23.2 Å². The molecule has 1 N–H and O–H groups in total. The van der Waals surface area contributed by atoms with E-state index in [1.54, 1.807) is 7.11 Å². The summed E-state index contributed by atoms with van der Waals surface area (Å²) in [4.78, 5) is 8.31. The number of hydrogen-bond donors (Lipinski definition) is 1. The topological polar surface area (TPSA) is 56.3 Å². The molecule has 0 aliphatic rings. The van der Waals surface area contributed by atoms with Crippen molar-refractivity contribution in [1.82, 2.24) is 9.97 Å². The SMILES string of the molecule is CCCNc1ncnc(Oc2ccc(C)cc2)c1OC. The number of aromatic nitrogens is 2. The van der Waals surface area contributed by atoms with Crippen LogP contribution in [0.3, 0.4) is 0 Å². The molecule has 1 heterocycles. The smallest absolute Gasteiger partial charge is 0.268 e. The summed E-state index contributed by atoms with van der Waals surface area (Å²) < 4.78 is 11.1. The van der Waals surface area contributed by atoms with E-state index < -0.39 is 0 Å². The predicted molar refractivity (Wildman–Crippen MR) is 78.6 cm³/mol. The van der Waals surface area contributed by atoms with Crippen molar-refractivity contribution >= 4 is 5.82 Å². The number of anilines is 1. The first-order chi connectivity index (χ1) is 9.74. The van der Waals surface area contributed by atoms with Gasteiger partial charge in [0.25, 0.3) is 5.88 Å². The molecule has 0 amide bonds. The fourth-order valence-electron chi connectivity index (χ4n) is 1.70. The number of rotatable bonds is 6. The lowest BCUT2D eigenvalue weighted by atomic mass is 10.2. The molecule has 1 aromatic heterocycles. The van der Waals surface area contributed by atoms with Crippen LogP contribution in [0.15, 0.2) is 30.6 Å². The van der Waals surface area contributed by atoms with Crippen LogP contribution in [0.2, 0.25) is 0 Å². The Morgan fingerprint density at radius 2 is 1.90 bits per heavy atom. The van der Waals surface area contributed by atoms with E-state index in [0.717, 1.165) is 13.0 Å². The van der Waals surface area contributed by atoms with Gasteiger partial charge in [0.1, 0.15) is 12.1 Å². The van der Waals surface area contributed by atoms with Crippen molar-refractivity contribution in [3.8, 4) is 17.4 Å². The van der Waals surface area contributed by atoms with Crippen molar-refractivity contribution in [2.45, 2.75) is 20.3 Å². The van der Waals surface area contributed by atoms with Gasteiger partial charge in [-0.3, -0.25) is 0 Å². The molecule has 106 valence electrons. The second-order valence-corrected chi connectivity index (χ2v) is 4.40. The van der Waals surface area contributed by atoms with Crippen molar-refractivity contribution in [3.05, 3.63) is 36.2 Å². The fourth-order valence-corrected chi connectivity index (χ4v) is 1.70. The highest BCUT2D eigenvalue weighted by molar-refractivity contribution is 5.55. The second-order valence-electron chi connectivity index (χ2n) is 4.40. The maximum absolute atomic E-state index is 5.76. The van der Waals surface area contributed by atoms with Crippen LogP contribution in [-0.4, -0.2) is 23.6 Å². The Morgan fingerprint density at radius 1 is 1.15 bits per heavy atom. The van der Waals surface area contributed by atoms with Gasteiger partial charge in [0.2, 0.25) is 5.75 Å². The lowest BCUT2D eigenvalue weighted by molar-refractivity contribution is 0.369. The second kappa shape index (κ2) is 6.75. The first-order valence-electron chi connectivity index (χ1n) is 6.62. The molecule has 0 bridgehead atoms. The Bertz CT molecular complexity index is 556. The normalized spacial score (nSPS) is 10.2. The largest absolute Gasteiger partial charge is 0.489 e. The van der Waals surface area contributed by atoms with Crippen LogP contribution in [0.25, 0.3) is 0 Å². The molecule has 20 heavy (non-hydrogen) atoms. The molecule has 0 aliphatic carbocycles. The van der Waals surface area contributed by atoms with Crippen molar-refractivity contribution in [3.63, 3.8) is 0 Å². The summed E-state index contributed by atoms with van der Waals surface area (Å²) in [5.41, 5.74) is 1.18. The third-order valence-electron chi connectivity index (χ3n) is 2.75. The van der Waals surface area contributed by atoms with Gasteiger partial charge in [0, 0.05) is 6.54 Å². The minimum atomic E-state index is 0.407. The Kier molecular flexibility index (Phi) is 4.76. The van der Waals surface area contributed by atoms with Crippen LogP contribution < -0.4 is 14.8 Å². The molecule has 0 radical (unpaired) electrons. The zero-order valence-corrected chi connectivity index (χ0v) is 12.0. The van der Waals surface area contributed by atoms with Crippen molar-refractivity contribution in [2.75, 3.05) is 19.0 Å². The van der Waals surface area contributed by atoms with Crippen LogP contribution in [0.5, 0.6) is 17.4 Å². The van der Waals surface area contributed by atoms with Gasteiger partial charge in [-0.05, 0) is 25.5 Å². The number of ether oxygens (including phenoxy) is 2. The van der Waals surface area contributed by atoms with Crippen molar-refractivity contribution in [1.29, 1.82) is 0 Å². The summed E-state index contributed by atoms with van der Waals surface area (Å²) in [6.07, 6.45) is 2.46. The number of benzene rings is 1. The van der Waals surface area contributed by atoms with E-state index in [2.05, 4.69) is 22.2 Å². The first kappa shape index (κ1) is 14.1. The van der Waals surface area contributed by atoms with E-state index >= 15 is 0 Å². The zero-order chi connectivity index (χ0) is 14.4. The van der Waals surface area contributed by atoms with Gasteiger partial charge < -0.3 is 14.8 Å². The highest BCUT2D eigenvalue weighted by Gasteiger charge is 2.13. The molecule has 5 heteroatoms. The number of aryl methyl sites for hydroxylation is 1. The minimum Gasteiger partial charge on any atom is -0.489 e. The Morgan fingerprint density at radius 3 is 2.55 bits per heavy atom. The zero-order valence-electron chi connectivity index (χ0n) is 12.0. The van der Waals surface area contributed by atoms with Crippen LogP contribution in [0.4, 0.5) is 5.82 Å². The molecule has 2 rings (SSSR count). The van der Waals surface area contributed by atoms with Gasteiger partial charge in [-0.2, -0.15) is 4.98 Å². The number of hydrogen-bond acceptors (Lipinski definition) is 5. The average molecular weight is 273 g/mol. The van der Waals surface area contributed by atoms with Gasteiger partial charge in [0.15, 0.2) is 5.82 Å². The highest BCUT2D eigenvalue weighted by atomic mass is 16.5. The average Bonchev–Trinajstić information content (AvgIpc) is 2.47. The summed E-state index contributed by atoms with van der Waals surface area (Å²) in [5.74, 6) is 2.28. The van der Waals surface area contributed by atoms with Crippen molar-refractivity contribution < 1.29 is 9.47 Å². The quantitative estimate of drug-likeness (QED) is 0.874. The third kappa shape index (κ3) is 3.38. The van der Waals surface area contributed by atoms with E-state index in [1.807, 2.05) is 31.2 Å². The molecular weight excluding hydrogens is 254 g/mol. The molecule has 5 nitrogen and oxygen atoms in total. The number of nitrogens with one attached hydrogen (secondary N) is 1. The third-order valence-corrected chi connectivity index (χ3v) is 2.75. The standard InChI is InChI=1S/C15H19N3O2/c1-4-9-16-14-13(19-3)15(18-10-17-14)20-12-7-5-11(2)6-8-12/h5-8,10H,4,9H2,1-3H3,(H,16,17,18). The summed E-state index contributed by atoms with van der Waals surface area (Å²) in [7, 11) is 1.58. The number of nitrogens with zero attached hydrogens (tertiary/aromatic N) is 2. The lowest BCUT2D eigenvalue weighted by Crippen LogP contribution is -2.05. The van der Waals surface area contributed by atoms with E-state index in [-0.39, 0.29) is 0 Å². The molecule has 0 fully saturated rings. The molecule has 0 saturated heterocycles. The van der Waals surface area contributed by atoms with Gasteiger partial charge in [-0.15, -0.1) is 0 Å². The maximum atomic E-state index is 5.76. The minimum absolute atomic E-state index is 0.407. The first-order valence-corrected chi connectivity index (χ1v) is 6.62. The van der Waals surface area contributed by atoms with Crippen LogP contribution in [-0.2, 0) is 0 Å². The summed E-state index contributed by atoms with van der Waals surface area (Å²) in [6, 6.07) is 7.77. The van der Waals surface area contributed by atoms with Gasteiger partial charge in [0.05, 0.1) is 7.11 Å². The molecule has 2 aromatic rings. The summed E-state index contributed by atoms with van der Waals surface area (Å²) in [5, 5.41) is 3.19. The fraction of sp³-hybridized carbons (Fsp3) is 0.333. The molecule has 0 atom stereocenters. The molecule has 1 aromatic carbocycles. The van der Waals surface area contributed by atoms with E-state index in [1.165, 1.54) is 11.9 Å². The van der Waals surface area contributed by atoms with Gasteiger partial charge in [-0.25, -0.2) is 4.98 Å². The number of methoxy groups -OCH3 is 1. The summed E-state index contributed by atoms with van der Waals surface area (Å²) >= 11 is 0. The van der Waals surface area contributed by atoms with Crippen LogP contribution >= 0.6 is 0 Å². The van der Waals surface area contributed by atoms with Gasteiger partial charge in [-0.1, -0.05) is 24.6 Å². The Hall–Kier alpha value is -2.30. The van der Waals surface area contributed by atoms with E-state index in [9.17, 15) is 0 Å². The molecule has 0 aliphatic heterocycles. The lowest BCUT2D eigenvalue weighted by Gasteiger charge is -2.13. The monoisotopic (exact) mass is 273 g/mol. The maximum Gasteiger partial charge on any atom is 0.268 e. The van der Waals surface area contributed by atoms with E-state index in [4.69, 9.17) is 9.47 Å².